The molecule has 0 aliphatic carbocycles. The van der Waals surface area contributed by atoms with Gasteiger partial charge in [0.15, 0.2) is 0 Å². The molecular weight excluding hydrogens is 528 g/mol. The summed E-state index contributed by atoms with van der Waals surface area (Å²) in [5.74, 6) is 0.622. The second-order valence-electron chi connectivity index (χ2n) is 11.6. The Morgan fingerprint density at radius 2 is 2.02 bits per heavy atom. The number of fused-ring (bicyclic) bond motifs is 2. The average molecular weight is 567 g/mol. The summed E-state index contributed by atoms with van der Waals surface area (Å²) in [5.41, 5.74) is 4.27. The Balaban J connectivity index is 1.34. The number of nitrogens with zero attached hydrogens (tertiary/aromatic N) is 6. The second kappa shape index (κ2) is 12.1. The van der Waals surface area contributed by atoms with E-state index in [0.717, 1.165) is 42.0 Å². The molecule has 0 saturated carbocycles. The van der Waals surface area contributed by atoms with Crippen LogP contribution >= 0.6 is 0 Å². The summed E-state index contributed by atoms with van der Waals surface area (Å²) >= 11 is 0. The van der Waals surface area contributed by atoms with Gasteiger partial charge in [-0.25, -0.2) is 0 Å². The number of likely N-dealkylation sites (tertiary alicyclic amines) is 1. The van der Waals surface area contributed by atoms with Crippen LogP contribution in [0.3, 0.4) is 0 Å². The molecule has 0 radical (unpaired) electrons. The second-order valence-corrected chi connectivity index (χ2v) is 11.6. The maximum Gasteiger partial charge on any atom is 0.318 e. The number of piperazine rings is 1. The van der Waals surface area contributed by atoms with E-state index in [1.807, 2.05) is 0 Å². The molecule has 218 valence electrons. The SMILES string of the molecule is C=CC(=O)N1CCN(c2nc(OCC3CCCN3C)nc3c2COC(c2cccc4cccc(C)c24)C3)C[C@@H]1CC#N. The van der Waals surface area contributed by atoms with E-state index in [9.17, 15) is 10.1 Å². The van der Waals surface area contributed by atoms with Crippen LogP contribution in [0, 0.1) is 18.3 Å². The third-order valence-electron chi connectivity index (χ3n) is 8.99. The van der Waals surface area contributed by atoms with Crippen molar-refractivity contribution in [2.24, 2.45) is 0 Å². The standard InChI is InChI=1S/C33H38N6O3/c1-4-30(40)39-17-16-38(19-24(39)13-14-34)32-27-21-41-29(26-12-6-10-23-9-5-8-22(2)31(23)26)18-28(27)35-33(36-32)42-20-25-11-7-15-37(25)3/h4-6,8-10,12,24-25,29H,1,7,11,13,15-21H2,2-3H3/t24-,25?,29?/m0/s1. The molecule has 0 spiro atoms. The van der Waals surface area contributed by atoms with Gasteiger partial charge in [0.2, 0.25) is 5.91 Å². The van der Waals surface area contributed by atoms with Gasteiger partial charge in [0.1, 0.15) is 12.4 Å². The molecule has 3 aromatic rings. The molecule has 3 atom stereocenters. The lowest BCUT2D eigenvalue weighted by atomic mass is 9.92. The molecule has 3 aliphatic rings. The molecule has 9 nitrogen and oxygen atoms in total. The molecule has 1 aromatic heterocycles. The first kappa shape index (κ1) is 28.1. The third kappa shape index (κ3) is 5.44. The van der Waals surface area contributed by atoms with Crippen molar-refractivity contribution in [2.75, 3.05) is 44.7 Å². The van der Waals surface area contributed by atoms with Gasteiger partial charge in [-0.15, -0.1) is 0 Å². The van der Waals surface area contributed by atoms with E-state index in [1.165, 1.54) is 22.4 Å². The number of rotatable bonds is 7. The van der Waals surface area contributed by atoms with Crippen LogP contribution < -0.4 is 9.64 Å². The fourth-order valence-electron chi connectivity index (χ4n) is 6.68. The molecule has 3 aliphatic heterocycles. The number of ether oxygens (including phenoxy) is 2. The van der Waals surface area contributed by atoms with Gasteiger partial charge in [-0.2, -0.15) is 15.2 Å². The van der Waals surface area contributed by atoms with Gasteiger partial charge in [-0.05, 0) is 61.3 Å². The quantitative estimate of drug-likeness (QED) is 0.390. The maximum atomic E-state index is 12.5. The van der Waals surface area contributed by atoms with Gasteiger partial charge in [0, 0.05) is 37.7 Å². The van der Waals surface area contributed by atoms with E-state index >= 15 is 0 Å². The summed E-state index contributed by atoms with van der Waals surface area (Å²) in [6.45, 7) is 9.33. The lowest BCUT2D eigenvalue weighted by Gasteiger charge is -2.42. The van der Waals surface area contributed by atoms with Crippen LogP contribution in [-0.2, 0) is 22.6 Å². The summed E-state index contributed by atoms with van der Waals surface area (Å²) in [5, 5.41) is 11.9. The molecule has 2 aromatic carbocycles. The Morgan fingerprint density at radius 3 is 2.79 bits per heavy atom. The zero-order chi connectivity index (χ0) is 29.2. The summed E-state index contributed by atoms with van der Waals surface area (Å²) in [7, 11) is 2.13. The average Bonchev–Trinajstić information content (AvgIpc) is 3.43. The number of anilines is 1. The van der Waals surface area contributed by atoms with Crippen LogP contribution in [0.4, 0.5) is 5.82 Å². The van der Waals surface area contributed by atoms with E-state index in [0.29, 0.717) is 51.3 Å². The minimum Gasteiger partial charge on any atom is -0.462 e. The molecule has 2 unspecified atom stereocenters. The predicted octanol–water partition coefficient (Wildman–Crippen LogP) is 4.34. The van der Waals surface area contributed by atoms with Gasteiger partial charge in [-0.3, -0.25) is 4.79 Å². The molecule has 42 heavy (non-hydrogen) atoms. The van der Waals surface area contributed by atoms with Crippen LogP contribution in [0.25, 0.3) is 10.8 Å². The highest BCUT2D eigenvalue weighted by atomic mass is 16.5. The van der Waals surface area contributed by atoms with Crippen LogP contribution in [0.15, 0.2) is 49.1 Å². The molecule has 6 rings (SSSR count). The summed E-state index contributed by atoms with van der Waals surface area (Å²) < 4.78 is 12.8. The maximum absolute atomic E-state index is 12.5. The van der Waals surface area contributed by atoms with Crippen LogP contribution in [0.2, 0.25) is 0 Å². The Labute approximate surface area is 247 Å². The molecule has 2 saturated heterocycles. The molecule has 9 heteroatoms. The van der Waals surface area contributed by atoms with E-state index in [2.05, 4.69) is 72.8 Å². The Hall–Kier alpha value is -4.00. The number of carbonyl (C=O) groups is 1. The first-order valence-corrected chi connectivity index (χ1v) is 14.8. The van der Waals surface area contributed by atoms with Crippen molar-refractivity contribution in [3.8, 4) is 12.1 Å². The Morgan fingerprint density at radius 1 is 1.19 bits per heavy atom. The minimum absolute atomic E-state index is 0.146. The zero-order valence-corrected chi connectivity index (χ0v) is 24.5. The molecular formula is C33H38N6O3. The molecule has 0 N–H and O–H groups in total. The van der Waals surface area contributed by atoms with Crippen LogP contribution in [0.1, 0.15) is 47.8 Å². The van der Waals surface area contributed by atoms with Crippen LogP contribution in [0.5, 0.6) is 6.01 Å². The first-order valence-electron chi connectivity index (χ1n) is 14.8. The van der Waals surface area contributed by atoms with Crippen molar-refractivity contribution in [1.82, 2.24) is 19.8 Å². The molecule has 2 fully saturated rings. The fraction of sp³-hybridized carbons (Fsp3) is 0.455. The molecule has 1 amide bonds. The smallest absolute Gasteiger partial charge is 0.318 e. The van der Waals surface area contributed by atoms with Crippen molar-refractivity contribution in [3.05, 3.63) is 71.4 Å². The van der Waals surface area contributed by atoms with Crippen molar-refractivity contribution in [2.45, 2.75) is 57.4 Å². The minimum atomic E-state index is -0.257. The summed E-state index contributed by atoms with van der Waals surface area (Å²) in [6.07, 6.45) is 4.28. The highest BCUT2D eigenvalue weighted by molar-refractivity contribution is 5.89. The van der Waals surface area contributed by atoms with Crippen molar-refractivity contribution in [3.63, 3.8) is 0 Å². The lowest BCUT2D eigenvalue weighted by Crippen LogP contribution is -2.55. The van der Waals surface area contributed by atoms with E-state index in [4.69, 9.17) is 19.4 Å². The molecule has 4 heterocycles. The normalized spacial score (nSPS) is 22.5. The largest absolute Gasteiger partial charge is 0.462 e. The number of nitriles is 1. The Kier molecular flexibility index (Phi) is 8.09. The highest BCUT2D eigenvalue weighted by Gasteiger charge is 2.34. The van der Waals surface area contributed by atoms with Gasteiger partial charge in [0.05, 0.1) is 36.9 Å². The molecule has 0 bridgehead atoms. The Bertz CT molecular complexity index is 1530. The lowest BCUT2D eigenvalue weighted by molar-refractivity contribution is -0.128. The number of amides is 1. The number of carbonyl (C=O) groups excluding carboxylic acids is 1. The van der Waals surface area contributed by atoms with Gasteiger partial charge < -0.3 is 24.2 Å². The monoisotopic (exact) mass is 566 g/mol. The number of hydrogen-bond acceptors (Lipinski definition) is 8. The van der Waals surface area contributed by atoms with Gasteiger partial charge in [0.25, 0.3) is 0 Å². The van der Waals surface area contributed by atoms with E-state index in [1.54, 1.807) is 4.90 Å². The summed E-state index contributed by atoms with van der Waals surface area (Å²) in [6, 6.07) is 15.5. The van der Waals surface area contributed by atoms with Crippen molar-refractivity contribution in [1.29, 1.82) is 5.26 Å². The van der Waals surface area contributed by atoms with Crippen LogP contribution in [-0.4, -0.2) is 77.6 Å². The number of hydrogen-bond donors (Lipinski definition) is 0. The van der Waals surface area contributed by atoms with Gasteiger partial charge >= 0.3 is 6.01 Å². The van der Waals surface area contributed by atoms with E-state index in [-0.39, 0.29) is 24.5 Å². The number of likely N-dealkylation sites (N-methyl/N-ethyl adjacent to an activating group) is 1. The van der Waals surface area contributed by atoms with Gasteiger partial charge in [-0.1, -0.05) is 43.0 Å². The predicted molar refractivity (Wildman–Crippen MR) is 161 cm³/mol. The van der Waals surface area contributed by atoms with Crippen molar-refractivity contribution < 1.29 is 14.3 Å². The third-order valence-corrected chi connectivity index (χ3v) is 8.99. The van der Waals surface area contributed by atoms with E-state index < -0.39 is 0 Å². The fourth-order valence-corrected chi connectivity index (χ4v) is 6.68. The first-order chi connectivity index (χ1) is 20.5. The summed E-state index contributed by atoms with van der Waals surface area (Å²) in [4.78, 5) is 28.6. The number of aromatic nitrogens is 2. The number of aryl methyl sites for hydroxylation is 1. The topological polar surface area (TPSA) is 94.8 Å². The highest BCUT2D eigenvalue weighted by Crippen LogP contribution is 2.38. The zero-order valence-electron chi connectivity index (χ0n) is 24.5. The number of benzene rings is 2. The van der Waals surface area contributed by atoms with Crippen molar-refractivity contribution >= 4 is 22.5 Å².